The van der Waals surface area contributed by atoms with E-state index in [2.05, 4.69) is 146 Å². The highest BCUT2D eigenvalue weighted by atomic mass is 14.2. The van der Waals surface area contributed by atoms with Crippen LogP contribution in [0.4, 0.5) is 0 Å². The average Bonchev–Trinajstić information content (AvgIpc) is 2.83. The summed E-state index contributed by atoms with van der Waals surface area (Å²) in [5, 5.41) is 0. The summed E-state index contributed by atoms with van der Waals surface area (Å²) in [5.41, 5.74) is 5.07. The van der Waals surface area contributed by atoms with E-state index in [9.17, 15) is 0 Å². The Kier molecular flexibility index (Phi) is 6.70. The second kappa shape index (κ2) is 10.2. The lowest BCUT2D eigenvalue weighted by atomic mass is 9.80. The van der Waals surface area contributed by atoms with Gasteiger partial charge in [0.2, 0.25) is 0 Å². The molecule has 0 N–H and O–H groups in total. The molecule has 4 aromatic rings. The van der Waals surface area contributed by atoms with Crippen LogP contribution in [0.1, 0.15) is 34.1 Å². The second-order valence-electron chi connectivity index (χ2n) is 7.41. The maximum Gasteiger partial charge on any atom is 0.0125 e. The van der Waals surface area contributed by atoms with Crippen LogP contribution in [0.5, 0.6) is 0 Å². The van der Waals surface area contributed by atoms with Crippen molar-refractivity contribution in [1.82, 2.24) is 0 Å². The molecule has 0 aliphatic rings. The van der Waals surface area contributed by atoms with E-state index in [1.54, 1.807) is 0 Å². The van der Waals surface area contributed by atoms with Gasteiger partial charge in [-0.2, -0.15) is 0 Å². The molecular weight excluding hydrogens is 360 g/mol. The molecule has 0 spiro atoms. The Labute approximate surface area is 179 Å². The molecule has 0 radical (unpaired) electrons. The Morgan fingerprint density at radius 2 is 0.667 bits per heavy atom. The van der Waals surface area contributed by atoms with Gasteiger partial charge in [-0.15, -0.1) is 0 Å². The predicted molar refractivity (Wildman–Crippen MR) is 129 cm³/mol. The second-order valence-corrected chi connectivity index (χ2v) is 7.41. The summed E-state index contributed by atoms with van der Waals surface area (Å²) in [6.07, 6.45) is 9.17. The molecule has 2 unspecified atom stereocenters. The Morgan fingerprint density at radius 1 is 0.367 bits per heavy atom. The van der Waals surface area contributed by atoms with Crippen LogP contribution in [0.2, 0.25) is 0 Å². The van der Waals surface area contributed by atoms with Gasteiger partial charge in [-0.3, -0.25) is 0 Å². The third kappa shape index (κ3) is 5.24. The molecule has 0 nitrogen and oxygen atoms in total. The molecule has 146 valence electrons. The van der Waals surface area contributed by atoms with Crippen molar-refractivity contribution < 1.29 is 0 Å². The molecule has 0 heterocycles. The van der Waals surface area contributed by atoms with Gasteiger partial charge in [-0.25, -0.2) is 0 Å². The summed E-state index contributed by atoms with van der Waals surface area (Å²) in [5.74, 6) is 0.461. The van der Waals surface area contributed by atoms with Crippen LogP contribution in [-0.2, 0) is 0 Å². The summed E-state index contributed by atoms with van der Waals surface area (Å²) >= 11 is 0. The number of allylic oxidation sites excluding steroid dienone is 2. The largest absolute Gasteiger partial charge is 0.0755 e. The van der Waals surface area contributed by atoms with Crippen molar-refractivity contribution in [2.24, 2.45) is 0 Å². The first-order valence-electron chi connectivity index (χ1n) is 10.5. The van der Waals surface area contributed by atoms with E-state index in [1.165, 1.54) is 22.3 Å². The van der Waals surface area contributed by atoms with Crippen molar-refractivity contribution in [3.8, 4) is 0 Å². The van der Waals surface area contributed by atoms with E-state index in [0.717, 1.165) is 0 Å². The monoisotopic (exact) mass is 386 g/mol. The van der Waals surface area contributed by atoms with Gasteiger partial charge in [0, 0.05) is 11.8 Å². The van der Waals surface area contributed by atoms with Crippen molar-refractivity contribution >= 4 is 12.2 Å². The topological polar surface area (TPSA) is 0 Å². The highest BCUT2D eigenvalue weighted by Gasteiger charge is 2.20. The minimum absolute atomic E-state index is 0.230. The van der Waals surface area contributed by atoms with Gasteiger partial charge in [0.15, 0.2) is 0 Å². The maximum absolute atomic E-state index is 2.34. The molecule has 0 saturated heterocycles. The molecule has 4 aromatic carbocycles. The average molecular weight is 387 g/mol. The lowest BCUT2D eigenvalue weighted by molar-refractivity contribution is 0.743. The van der Waals surface area contributed by atoms with Crippen LogP contribution < -0.4 is 0 Å². The van der Waals surface area contributed by atoms with Gasteiger partial charge in [-0.05, 0) is 22.3 Å². The first-order valence-corrected chi connectivity index (χ1v) is 10.5. The highest BCUT2D eigenvalue weighted by Crippen LogP contribution is 2.36. The first-order chi connectivity index (χ1) is 14.9. The molecule has 0 bridgehead atoms. The van der Waals surface area contributed by atoms with E-state index in [-0.39, 0.29) is 11.8 Å². The van der Waals surface area contributed by atoms with Crippen LogP contribution in [-0.4, -0.2) is 0 Å². The zero-order valence-corrected chi connectivity index (χ0v) is 17.0. The predicted octanol–water partition coefficient (Wildman–Crippen LogP) is 7.98. The molecule has 0 saturated carbocycles. The molecule has 0 aromatic heterocycles. The van der Waals surface area contributed by atoms with Gasteiger partial charge in [-0.1, -0.05) is 146 Å². The molecule has 0 heteroatoms. The summed E-state index contributed by atoms with van der Waals surface area (Å²) in [6.45, 7) is 0. The van der Waals surface area contributed by atoms with Crippen LogP contribution in [0.25, 0.3) is 12.2 Å². The van der Waals surface area contributed by atoms with E-state index in [0.29, 0.717) is 0 Å². The van der Waals surface area contributed by atoms with Crippen molar-refractivity contribution in [2.45, 2.75) is 11.8 Å². The van der Waals surface area contributed by atoms with Crippen LogP contribution in [0, 0.1) is 0 Å². The van der Waals surface area contributed by atoms with Crippen LogP contribution >= 0.6 is 0 Å². The molecule has 2 atom stereocenters. The fourth-order valence-electron chi connectivity index (χ4n) is 3.78. The van der Waals surface area contributed by atoms with Crippen molar-refractivity contribution in [3.05, 3.63) is 156 Å². The zero-order valence-electron chi connectivity index (χ0n) is 17.0. The molecule has 0 aliphatic heterocycles. The number of benzene rings is 4. The highest BCUT2D eigenvalue weighted by molar-refractivity contribution is 5.55. The Balaban J connectivity index is 1.76. The van der Waals surface area contributed by atoms with Crippen molar-refractivity contribution in [2.75, 3.05) is 0 Å². The van der Waals surface area contributed by atoms with Crippen LogP contribution in [0.15, 0.2) is 133 Å². The van der Waals surface area contributed by atoms with E-state index in [1.807, 2.05) is 0 Å². The molecule has 30 heavy (non-hydrogen) atoms. The van der Waals surface area contributed by atoms with Gasteiger partial charge in [0.25, 0.3) is 0 Å². The quantitative estimate of drug-likeness (QED) is 0.302. The van der Waals surface area contributed by atoms with Gasteiger partial charge in [0.1, 0.15) is 0 Å². The molecular formula is C30H26. The van der Waals surface area contributed by atoms with E-state index in [4.69, 9.17) is 0 Å². The molecule has 0 fully saturated rings. The number of hydrogen-bond acceptors (Lipinski definition) is 0. The molecule has 4 rings (SSSR count). The standard InChI is InChI=1S/C30H26/c1-5-13-25(14-6-1)21-23-29(27-17-9-3-10-18-27)30(28-19-11-4-12-20-28)24-22-26-15-7-2-8-16-26/h1-24,29-30H/b23-21+,24-22+. The summed E-state index contributed by atoms with van der Waals surface area (Å²) < 4.78 is 0. The van der Waals surface area contributed by atoms with E-state index >= 15 is 0 Å². The SMILES string of the molecule is C(=C\C(c1ccccc1)C(/C=C/c1ccccc1)c1ccccc1)/c1ccccc1. The Bertz CT molecular complexity index is 971. The van der Waals surface area contributed by atoms with Gasteiger partial charge < -0.3 is 0 Å². The third-order valence-electron chi connectivity index (χ3n) is 5.35. The van der Waals surface area contributed by atoms with Crippen molar-refractivity contribution in [1.29, 1.82) is 0 Å². The smallest absolute Gasteiger partial charge is 0.0125 e. The Morgan fingerprint density at radius 3 is 1.00 bits per heavy atom. The Hall–Kier alpha value is -3.64. The van der Waals surface area contributed by atoms with E-state index < -0.39 is 0 Å². The lowest BCUT2D eigenvalue weighted by Gasteiger charge is -2.23. The normalized spacial score (nSPS) is 13.5. The fraction of sp³-hybridized carbons (Fsp3) is 0.0667. The minimum atomic E-state index is 0.230. The fourth-order valence-corrected chi connectivity index (χ4v) is 3.78. The third-order valence-corrected chi connectivity index (χ3v) is 5.35. The summed E-state index contributed by atoms with van der Waals surface area (Å²) in [6, 6.07) is 42.6. The molecule has 0 amide bonds. The maximum atomic E-state index is 2.34. The van der Waals surface area contributed by atoms with Gasteiger partial charge in [0.05, 0.1) is 0 Å². The zero-order chi connectivity index (χ0) is 20.4. The van der Waals surface area contributed by atoms with Crippen LogP contribution in [0.3, 0.4) is 0 Å². The minimum Gasteiger partial charge on any atom is -0.0755 e. The number of hydrogen-bond donors (Lipinski definition) is 0. The summed E-state index contributed by atoms with van der Waals surface area (Å²) in [7, 11) is 0. The first kappa shape index (κ1) is 19.7. The molecule has 0 aliphatic carbocycles. The summed E-state index contributed by atoms with van der Waals surface area (Å²) in [4.78, 5) is 0. The van der Waals surface area contributed by atoms with Crippen molar-refractivity contribution in [3.63, 3.8) is 0 Å². The number of rotatable bonds is 7. The lowest BCUT2D eigenvalue weighted by Crippen LogP contribution is -2.07. The van der Waals surface area contributed by atoms with Gasteiger partial charge >= 0.3 is 0 Å².